The van der Waals surface area contributed by atoms with Crippen molar-refractivity contribution in [3.05, 3.63) is 48.4 Å². The summed E-state index contributed by atoms with van der Waals surface area (Å²) < 4.78 is 13.6. The third kappa shape index (κ3) is 5.97. The molecule has 0 radical (unpaired) electrons. The van der Waals surface area contributed by atoms with Crippen molar-refractivity contribution in [3.63, 3.8) is 0 Å². The van der Waals surface area contributed by atoms with Crippen LogP contribution in [0.1, 0.15) is 76.7 Å². The average Bonchev–Trinajstić information content (AvgIpc) is 3.61. The van der Waals surface area contributed by atoms with E-state index in [0.29, 0.717) is 11.8 Å². The first-order valence-corrected chi connectivity index (χ1v) is 25.8. The van der Waals surface area contributed by atoms with Crippen molar-refractivity contribution in [1.29, 1.82) is 0 Å². The van der Waals surface area contributed by atoms with E-state index in [4.69, 9.17) is 8.83 Å². The SMILES string of the molecule is C=CCCC[Si](C)(C1C(c2ccc([Si](C)(C)C)o2)CC(C)C1C)C1C(c2ccc([Si](C)(C)C)o2)CC(C)C1C. The number of furan rings is 2. The summed E-state index contributed by atoms with van der Waals surface area (Å²) in [4.78, 5) is 0. The summed E-state index contributed by atoms with van der Waals surface area (Å²) in [5.74, 6) is 6.64. The van der Waals surface area contributed by atoms with E-state index in [2.05, 4.69) is 110 Å². The predicted octanol–water partition coefficient (Wildman–Crippen LogP) is 9.97. The Kier molecular flexibility index (Phi) is 8.97. The highest BCUT2D eigenvalue weighted by atomic mass is 28.3. The fourth-order valence-corrected chi connectivity index (χ4v) is 18.4. The number of rotatable bonds is 10. The Morgan fingerprint density at radius 3 is 1.46 bits per heavy atom. The predicted molar refractivity (Wildman–Crippen MR) is 178 cm³/mol. The lowest BCUT2D eigenvalue weighted by atomic mass is 9.99. The molecule has 4 rings (SSSR count). The normalized spacial score (nSPS) is 33.4. The zero-order valence-corrected chi connectivity index (χ0v) is 30.1. The fourth-order valence-electron chi connectivity index (χ4n) is 8.76. The van der Waals surface area contributed by atoms with Gasteiger partial charge in [-0.15, -0.1) is 6.58 Å². The zero-order valence-electron chi connectivity index (χ0n) is 27.1. The Hall–Kier alpha value is -1.05. The molecular formula is C34H58O2Si3. The molecule has 8 unspecified atom stereocenters. The Morgan fingerprint density at radius 1 is 0.718 bits per heavy atom. The maximum atomic E-state index is 6.80. The fraction of sp³-hybridized carbons (Fsp3) is 0.706. The molecule has 0 aliphatic heterocycles. The van der Waals surface area contributed by atoms with Crippen molar-refractivity contribution < 1.29 is 8.83 Å². The van der Waals surface area contributed by atoms with E-state index >= 15 is 0 Å². The van der Waals surface area contributed by atoms with E-state index in [1.165, 1.54) is 47.6 Å². The Bertz CT molecular complexity index is 1040. The lowest BCUT2D eigenvalue weighted by molar-refractivity contribution is 0.416. The summed E-state index contributed by atoms with van der Waals surface area (Å²) in [5, 5.41) is 2.54. The molecule has 0 saturated heterocycles. The minimum atomic E-state index is -1.84. The van der Waals surface area contributed by atoms with Gasteiger partial charge in [0.1, 0.15) is 27.7 Å². The summed E-state index contributed by atoms with van der Waals surface area (Å²) in [7, 11) is -4.80. The summed E-state index contributed by atoms with van der Waals surface area (Å²) in [6, 6.07) is 10.8. The minimum absolute atomic E-state index is 0.554. The number of allylic oxidation sites excluding steroid dienone is 1. The second-order valence-corrected chi connectivity index (χ2v) is 30.8. The highest BCUT2D eigenvalue weighted by Gasteiger charge is 2.59. The van der Waals surface area contributed by atoms with E-state index in [1.807, 2.05) is 0 Å². The van der Waals surface area contributed by atoms with Gasteiger partial charge in [0.2, 0.25) is 0 Å². The van der Waals surface area contributed by atoms with E-state index in [1.54, 1.807) is 0 Å². The Balaban J connectivity index is 1.81. The van der Waals surface area contributed by atoms with Gasteiger partial charge in [-0.1, -0.05) is 92.1 Å². The van der Waals surface area contributed by atoms with Crippen molar-refractivity contribution in [1.82, 2.24) is 0 Å². The van der Waals surface area contributed by atoms with E-state index < -0.39 is 24.2 Å². The average molecular weight is 583 g/mol. The van der Waals surface area contributed by atoms with Crippen molar-refractivity contribution in [2.45, 2.75) is 128 Å². The van der Waals surface area contributed by atoms with Gasteiger partial charge in [-0.3, -0.25) is 0 Å². The lowest BCUT2D eigenvalue weighted by Gasteiger charge is -2.48. The highest BCUT2D eigenvalue weighted by Crippen LogP contribution is 2.65. The number of unbranched alkanes of at least 4 members (excludes halogenated alkanes) is 1. The van der Waals surface area contributed by atoms with Crippen LogP contribution in [0.4, 0.5) is 0 Å². The van der Waals surface area contributed by atoms with Crippen molar-refractivity contribution in [3.8, 4) is 0 Å². The number of hydrogen-bond acceptors (Lipinski definition) is 2. The molecule has 0 spiro atoms. The standard InChI is InChI=1S/C34H58O2Si3/c1-13-14-15-20-39(12,33-25(4)23(2)21-27(33)29-16-18-31(35-29)37(6,7)8)34-26(5)24(3)22-28(34)30-17-19-32(36-30)38(9,10)11/h13,16-19,23-28,33-34H,1,14-15,20-22H2,2-12H3. The van der Waals surface area contributed by atoms with Crippen LogP contribution in [0.25, 0.3) is 0 Å². The Labute approximate surface area is 243 Å². The monoisotopic (exact) mass is 582 g/mol. The van der Waals surface area contributed by atoms with Gasteiger partial charge in [-0.2, -0.15) is 0 Å². The lowest BCUT2D eigenvalue weighted by Crippen LogP contribution is -2.47. The van der Waals surface area contributed by atoms with Gasteiger partial charge in [0, 0.05) is 11.8 Å². The first-order valence-electron chi connectivity index (χ1n) is 15.9. The van der Waals surface area contributed by atoms with E-state index in [0.717, 1.165) is 41.2 Å². The molecule has 2 saturated carbocycles. The molecule has 8 atom stereocenters. The first-order chi connectivity index (χ1) is 18.1. The molecule has 2 fully saturated rings. The molecule has 2 aliphatic rings. The molecule has 218 valence electrons. The highest BCUT2D eigenvalue weighted by molar-refractivity contribution is 6.88. The molecule has 2 nitrogen and oxygen atoms in total. The van der Waals surface area contributed by atoms with Crippen LogP contribution in [0.15, 0.2) is 45.8 Å². The third-order valence-corrected chi connectivity index (χ3v) is 21.0. The smallest absolute Gasteiger partial charge is 0.123 e. The molecule has 2 heterocycles. The molecule has 0 aromatic carbocycles. The van der Waals surface area contributed by atoms with Gasteiger partial charge < -0.3 is 8.83 Å². The van der Waals surface area contributed by atoms with Crippen molar-refractivity contribution in [2.75, 3.05) is 0 Å². The largest absolute Gasteiger partial charge is 0.471 e. The van der Waals surface area contributed by atoms with E-state index in [9.17, 15) is 0 Å². The molecule has 2 aromatic rings. The van der Waals surface area contributed by atoms with Crippen molar-refractivity contribution in [2.24, 2.45) is 23.7 Å². The first kappa shape index (κ1) is 30.9. The van der Waals surface area contributed by atoms with Gasteiger partial charge >= 0.3 is 0 Å². The van der Waals surface area contributed by atoms with Crippen LogP contribution in [-0.4, -0.2) is 24.2 Å². The minimum Gasteiger partial charge on any atom is -0.471 e. The quantitative estimate of drug-likeness (QED) is 0.158. The van der Waals surface area contributed by atoms with E-state index in [-0.39, 0.29) is 0 Å². The zero-order chi connectivity index (χ0) is 28.9. The molecule has 39 heavy (non-hydrogen) atoms. The molecule has 0 N–H and O–H groups in total. The molecule has 0 amide bonds. The van der Waals surface area contributed by atoms with Gasteiger partial charge in [-0.05, 0) is 78.3 Å². The third-order valence-electron chi connectivity index (χ3n) is 11.2. The molecule has 5 heteroatoms. The summed E-state index contributed by atoms with van der Waals surface area (Å²) in [5.41, 5.74) is 1.48. The summed E-state index contributed by atoms with van der Waals surface area (Å²) >= 11 is 0. The van der Waals surface area contributed by atoms with Crippen LogP contribution in [0, 0.1) is 23.7 Å². The summed E-state index contributed by atoms with van der Waals surface area (Å²) in [6.07, 6.45) is 7.10. The van der Waals surface area contributed by atoms with Gasteiger partial charge in [0.05, 0.1) is 18.8 Å². The van der Waals surface area contributed by atoms with Gasteiger partial charge in [0.15, 0.2) is 0 Å². The van der Waals surface area contributed by atoms with Crippen LogP contribution in [0.5, 0.6) is 0 Å². The van der Waals surface area contributed by atoms with Crippen LogP contribution in [-0.2, 0) is 0 Å². The maximum absolute atomic E-state index is 6.80. The van der Waals surface area contributed by atoms with Crippen LogP contribution in [0.3, 0.4) is 0 Å². The topological polar surface area (TPSA) is 26.3 Å². The molecular weight excluding hydrogens is 525 g/mol. The second-order valence-electron chi connectivity index (χ2n) is 16.0. The van der Waals surface area contributed by atoms with Gasteiger partial charge in [-0.25, -0.2) is 0 Å². The maximum Gasteiger partial charge on any atom is 0.123 e. The van der Waals surface area contributed by atoms with Crippen LogP contribution >= 0.6 is 0 Å². The van der Waals surface area contributed by atoms with Crippen LogP contribution in [0.2, 0.25) is 63.0 Å². The van der Waals surface area contributed by atoms with Gasteiger partial charge in [0.25, 0.3) is 0 Å². The van der Waals surface area contributed by atoms with Crippen LogP contribution < -0.4 is 10.8 Å². The summed E-state index contributed by atoms with van der Waals surface area (Å²) in [6.45, 7) is 31.6. The number of hydrogen-bond donors (Lipinski definition) is 0. The Morgan fingerprint density at radius 2 is 1.13 bits per heavy atom. The molecule has 2 aliphatic carbocycles. The molecule has 0 bridgehead atoms. The molecule has 2 aromatic heterocycles. The second kappa shape index (κ2) is 11.3. The van der Waals surface area contributed by atoms with Crippen molar-refractivity contribution >= 4 is 35.0 Å².